The molecular weight excluding hydrogens is 318 g/mol. The Morgan fingerprint density at radius 2 is 2.04 bits per heavy atom. The molecule has 0 saturated heterocycles. The first kappa shape index (κ1) is 18.2. The molecule has 25 heavy (non-hydrogen) atoms. The molecule has 0 spiro atoms. The number of carbonyl (C=O) groups excluding carboxylic acids is 2. The highest BCUT2D eigenvalue weighted by Crippen LogP contribution is 2.25. The molecule has 1 aromatic carbocycles. The molecule has 0 aliphatic heterocycles. The Morgan fingerprint density at radius 3 is 2.80 bits per heavy atom. The van der Waals surface area contributed by atoms with E-state index in [9.17, 15) is 9.59 Å². The van der Waals surface area contributed by atoms with E-state index < -0.39 is 0 Å². The molecule has 0 radical (unpaired) electrons. The van der Waals surface area contributed by atoms with E-state index in [1.165, 1.54) is 0 Å². The molecule has 2 amide bonds. The number of aromatic nitrogens is 1. The maximum Gasteiger partial charge on any atom is 0.243 e. The highest BCUT2D eigenvalue weighted by Gasteiger charge is 2.07. The first-order chi connectivity index (χ1) is 12.0. The van der Waals surface area contributed by atoms with Crippen molar-refractivity contribution < 1.29 is 14.3 Å². The fourth-order valence-electron chi connectivity index (χ4n) is 2.07. The molecule has 1 heterocycles. The molecule has 2 aromatic rings. The molecule has 6 nitrogen and oxygen atoms in total. The van der Waals surface area contributed by atoms with Crippen molar-refractivity contribution in [2.45, 2.75) is 20.4 Å². The summed E-state index contributed by atoms with van der Waals surface area (Å²) >= 11 is 0. The maximum absolute atomic E-state index is 11.7. The summed E-state index contributed by atoms with van der Waals surface area (Å²) in [6, 6.07) is 9.40. The summed E-state index contributed by atoms with van der Waals surface area (Å²) in [5.74, 6) is 0.536. The zero-order valence-electron chi connectivity index (χ0n) is 14.3. The Kier molecular flexibility index (Phi) is 6.28. The van der Waals surface area contributed by atoms with Crippen LogP contribution in [-0.4, -0.2) is 23.3 Å². The minimum Gasteiger partial charge on any atom is -0.439 e. The van der Waals surface area contributed by atoms with Crippen LogP contribution >= 0.6 is 0 Å². The standard InChI is InChI=1S/C19H21N3O3/c1-4-17(23)22-12-18(24)21-11-15-8-9-20-19(10-15)25-16-7-5-6-13(2)14(16)3/h4-10H,1,11-12H2,2-3H3,(H,21,24)(H,22,23). The van der Waals surface area contributed by atoms with Gasteiger partial charge in [0.15, 0.2) is 0 Å². The van der Waals surface area contributed by atoms with Crippen molar-refractivity contribution >= 4 is 11.8 Å². The quantitative estimate of drug-likeness (QED) is 0.759. The monoisotopic (exact) mass is 339 g/mol. The number of aryl methyl sites for hydroxylation is 1. The van der Waals surface area contributed by atoms with Gasteiger partial charge in [-0.2, -0.15) is 0 Å². The van der Waals surface area contributed by atoms with Crippen molar-refractivity contribution in [3.8, 4) is 11.6 Å². The Bertz CT molecular complexity index is 787. The highest BCUT2D eigenvalue weighted by molar-refractivity contribution is 5.90. The molecule has 0 atom stereocenters. The number of amides is 2. The smallest absolute Gasteiger partial charge is 0.243 e. The minimum atomic E-state index is -0.386. The molecular formula is C19H21N3O3. The number of pyridine rings is 1. The summed E-state index contributed by atoms with van der Waals surface area (Å²) in [7, 11) is 0. The van der Waals surface area contributed by atoms with Crippen LogP contribution in [0.1, 0.15) is 16.7 Å². The van der Waals surface area contributed by atoms with E-state index in [0.29, 0.717) is 12.4 Å². The van der Waals surface area contributed by atoms with Gasteiger partial charge in [0.25, 0.3) is 0 Å². The average molecular weight is 339 g/mol. The molecule has 0 saturated carbocycles. The summed E-state index contributed by atoms with van der Waals surface area (Å²) in [5, 5.41) is 5.14. The fraction of sp³-hybridized carbons (Fsp3) is 0.211. The van der Waals surface area contributed by atoms with E-state index in [0.717, 1.165) is 28.5 Å². The molecule has 0 fully saturated rings. The van der Waals surface area contributed by atoms with E-state index in [4.69, 9.17) is 4.74 Å². The molecule has 6 heteroatoms. The van der Waals surface area contributed by atoms with E-state index in [1.54, 1.807) is 18.3 Å². The summed E-state index contributed by atoms with van der Waals surface area (Å²) in [6.07, 6.45) is 2.74. The molecule has 1 aromatic heterocycles. The molecule has 130 valence electrons. The number of carbonyl (C=O) groups is 2. The molecule has 2 N–H and O–H groups in total. The molecule has 0 aliphatic carbocycles. The van der Waals surface area contributed by atoms with E-state index in [1.807, 2.05) is 32.0 Å². The number of nitrogens with one attached hydrogen (secondary N) is 2. The number of benzene rings is 1. The van der Waals surface area contributed by atoms with Gasteiger partial charge >= 0.3 is 0 Å². The van der Waals surface area contributed by atoms with Crippen LogP contribution in [0.3, 0.4) is 0 Å². The lowest BCUT2D eigenvalue weighted by Crippen LogP contribution is -2.35. The Labute approximate surface area is 146 Å². The number of rotatable bonds is 7. The van der Waals surface area contributed by atoms with E-state index >= 15 is 0 Å². The first-order valence-electron chi connectivity index (χ1n) is 7.85. The number of hydrogen-bond acceptors (Lipinski definition) is 4. The topological polar surface area (TPSA) is 80.3 Å². The van der Waals surface area contributed by atoms with Crippen LogP contribution in [0.15, 0.2) is 49.2 Å². The lowest BCUT2D eigenvalue weighted by Gasteiger charge is -2.11. The SMILES string of the molecule is C=CC(=O)NCC(=O)NCc1ccnc(Oc2cccc(C)c2C)c1. The number of nitrogens with zero attached hydrogens (tertiary/aromatic N) is 1. The van der Waals surface area contributed by atoms with E-state index in [2.05, 4.69) is 22.2 Å². The fourth-order valence-corrected chi connectivity index (χ4v) is 2.07. The van der Waals surface area contributed by atoms with Crippen LogP contribution in [-0.2, 0) is 16.1 Å². The number of ether oxygens (including phenoxy) is 1. The third-order valence-electron chi connectivity index (χ3n) is 3.67. The normalized spacial score (nSPS) is 10.0. The summed E-state index contributed by atoms with van der Waals surface area (Å²) in [4.78, 5) is 26.9. The van der Waals surface area contributed by atoms with Crippen molar-refractivity contribution in [2.75, 3.05) is 6.54 Å². The predicted molar refractivity (Wildman–Crippen MR) is 95.3 cm³/mol. The summed E-state index contributed by atoms with van der Waals surface area (Å²) < 4.78 is 5.84. The molecule has 2 rings (SSSR count). The number of hydrogen-bond donors (Lipinski definition) is 2. The predicted octanol–water partition coefficient (Wildman–Crippen LogP) is 2.41. The van der Waals surface area contributed by atoms with Crippen molar-refractivity contribution in [1.29, 1.82) is 0 Å². The second-order valence-corrected chi connectivity index (χ2v) is 5.50. The second kappa shape index (κ2) is 8.63. The molecule has 0 unspecified atom stereocenters. The third kappa shape index (κ3) is 5.46. The van der Waals surface area contributed by atoms with Crippen LogP contribution < -0.4 is 15.4 Å². The summed E-state index contributed by atoms with van der Waals surface area (Å²) in [5.41, 5.74) is 3.04. The van der Waals surface area contributed by atoms with Crippen LogP contribution in [0.4, 0.5) is 0 Å². The highest BCUT2D eigenvalue weighted by atomic mass is 16.5. The Morgan fingerprint density at radius 1 is 1.24 bits per heavy atom. The van der Waals surface area contributed by atoms with Crippen LogP contribution in [0, 0.1) is 13.8 Å². The van der Waals surface area contributed by atoms with Gasteiger partial charge in [-0.15, -0.1) is 0 Å². The van der Waals surface area contributed by atoms with Crippen LogP contribution in [0.5, 0.6) is 11.6 Å². The van der Waals surface area contributed by atoms with Crippen LogP contribution in [0.2, 0.25) is 0 Å². The lowest BCUT2D eigenvalue weighted by atomic mass is 10.1. The van der Waals surface area contributed by atoms with Gasteiger partial charge in [-0.25, -0.2) is 4.98 Å². The van der Waals surface area contributed by atoms with Gasteiger partial charge < -0.3 is 15.4 Å². The van der Waals surface area contributed by atoms with Gasteiger partial charge in [0.1, 0.15) is 5.75 Å². The Balaban J connectivity index is 1.95. The van der Waals surface area contributed by atoms with Gasteiger partial charge in [0.05, 0.1) is 6.54 Å². The van der Waals surface area contributed by atoms with Gasteiger partial charge in [-0.05, 0) is 48.7 Å². The Hall–Kier alpha value is -3.15. The maximum atomic E-state index is 11.7. The van der Waals surface area contributed by atoms with Crippen molar-refractivity contribution in [2.24, 2.45) is 0 Å². The van der Waals surface area contributed by atoms with Gasteiger partial charge in [0.2, 0.25) is 17.7 Å². The second-order valence-electron chi connectivity index (χ2n) is 5.50. The van der Waals surface area contributed by atoms with Crippen molar-refractivity contribution in [3.05, 3.63) is 65.9 Å². The van der Waals surface area contributed by atoms with E-state index in [-0.39, 0.29) is 18.4 Å². The molecule has 0 aliphatic rings. The molecule has 0 bridgehead atoms. The first-order valence-corrected chi connectivity index (χ1v) is 7.85. The zero-order valence-corrected chi connectivity index (χ0v) is 14.3. The van der Waals surface area contributed by atoms with Gasteiger partial charge in [0, 0.05) is 18.8 Å². The minimum absolute atomic E-state index is 0.0955. The lowest BCUT2D eigenvalue weighted by molar-refractivity contribution is -0.124. The van der Waals surface area contributed by atoms with Crippen LogP contribution in [0.25, 0.3) is 0 Å². The average Bonchev–Trinajstić information content (AvgIpc) is 2.62. The zero-order chi connectivity index (χ0) is 18.2. The van der Waals surface area contributed by atoms with Crippen molar-refractivity contribution in [3.63, 3.8) is 0 Å². The van der Waals surface area contributed by atoms with Crippen molar-refractivity contribution in [1.82, 2.24) is 15.6 Å². The largest absolute Gasteiger partial charge is 0.439 e. The van der Waals surface area contributed by atoms with Gasteiger partial charge in [-0.1, -0.05) is 18.7 Å². The third-order valence-corrected chi connectivity index (χ3v) is 3.67. The summed E-state index contributed by atoms with van der Waals surface area (Å²) in [6.45, 7) is 7.55. The van der Waals surface area contributed by atoms with Gasteiger partial charge in [-0.3, -0.25) is 9.59 Å².